The molecule has 5 aromatic carbocycles. The Morgan fingerprint density at radius 3 is 2.26 bits per heavy atom. The standard InChI is InChI=1S/C32H20N2S/c1-2-8-19(9-3-1)21-15-16-23-22-10-4-6-12-25(22)33-32(23)29(21)26-18-20-14-17-28-30(31(20)34-26)24-11-5-7-13-27(24)35-28/h1-18,33-34H. The van der Waals surface area contributed by atoms with E-state index in [1.165, 1.54) is 64.1 Å². The molecule has 0 amide bonds. The molecule has 0 atom stereocenters. The third kappa shape index (κ3) is 2.70. The molecule has 0 bridgehead atoms. The molecule has 3 heteroatoms. The fourth-order valence-corrected chi connectivity index (χ4v) is 6.72. The van der Waals surface area contributed by atoms with Gasteiger partial charge in [-0.15, -0.1) is 11.3 Å². The van der Waals surface area contributed by atoms with Crippen molar-refractivity contribution in [3.63, 3.8) is 0 Å². The highest BCUT2D eigenvalue weighted by Gasteiger charge is 2.18. The Morgan fingerprint density at radius 1 is 0.543 bits per heavy atom. The van der Waals surface area contributed by atoms with Crippen LogP contribution in [0.15, 0.2) is 109 Å². The molecule has 8 rings (SSSR count). The summed E-state index contributed by atoms with van der Waals surface area (Å²) in [6, 6.07) is 39.3. The van der Waals surface area contributed by atoms with E-state index in [9.17, 15) is 0 Å². The zero-order valence-electron chi connectivity index (χ0n) is 18.8. The van der Waals surface area contributed by atoms with E-state index >= 15 is 0 Å². The monoisotopic (exact) mass is 464 g/mol. The van der Waals surface area contributed by atoms with Crippen molar-refractivity contribution >= 4 is 64.2 Å². The molecule has 3 heterocycles. The lowest BCUT2D eigenvalue weighted by atomic mass is 9.95. The van der Waals surface area contributed by atoms with Gasteiger partial charge in [-0.25, -0.2) is 0 Å². The van der Waals surface area contributed by atoms with Crippen molar-refractivity contribution in [2.45, 2.75) is 0 Å². The van der Waals surface area contributed by atoms with Gasteiger partial charge in [0.25, 0.3) is 0 Å². The van der Waals surface area contributed by atoms with E-state index in [1.54, 1.807) is 0 Å². The van der Waals surface area contributed by atoms with Crippen LogP contribution in [-0.2, 0) is 0 Å². The Morgan fingerprint density at radius 2 is 1.34 bits per heavy atom. The summed E-state index contributed by atoms with van der Waals surface area (Å²) in [7, 11) is 0. The quantitative estimate of drug-likeness (QED) is 0.255. The molecule has 0 saturated carbocycles. The first-order valence-electron chi connectivity index (χ1n) is 11.9. The summed E-state index contributed by atoms with van der Waals surface area (Å²) in [6.07, 6.45) is 0. The van der Waals surface area contributed by atoms with E-state index in [0.717, 1.165) is 11.2 Å². The van der Waals surface area contributed by atoms with E-state index in [-0.39, 0.29) is 0 Å². The number of benzene rings is 5. The largest absolute Gasteiger partial charge is 0.354 e. The number of rotatable bonds is 2. The zero-order valence-corrected chi connectivity index (χ0v) is 19.6. The fourth-order valence-electron chi connectivity index (χ4n) is 5.61. The maximum Gasteiger partial charge on any atom is 0.0565 e. The fraction of sp³-hybridized carbons (Fsp3) is 0. The molecule has 8 aromatic rings. The number of hydrogen-bond acceptors (Lipinski definition) is 1. The van der Waals surface area contributed by atoms with E-state index in [0.29, 0.717) is 0 Å². The Kier molecular flexibility index (Phi) is 3.85. The zero-order chi connectivity index (χ0) is 22.9. The van der Waals surface area contributed by atoms with Crippen LogP contribution in [0.3, 0.4) is 0 Å². The highest BCUT2D eigenvalue weighted by Crippen LogP contribution is 2.43. The summed E-state index contributed by atoms with van der Waals surface area (Å²) in [5.41, 5.74) is 8.34. The average Bonchev–Trinajstić information content (AvgIpc) is 3.61. The molecule has 164 valence electrons. The molecule has 0 aliphatic heterocycles. The summed E-state index contributed by atoms with van der Waals surface area (Å²) in [5, 5.41) is 6.38. The SMILES string of the molecule is c1ccc(-c2ccc3c([nH]c4ccccc43)c2-c2cc3ccc4sc5ccccc5c4c3[nH]2)cc1. The van der Waals surface area contributed by atoms with E-state index in [2.05, 4.69) is 119 Å². The maximum absolute atomic E-state index is 3.87. The molecule has 3 aromatic heterocycles. The summed E-state index contributed by atoms with van der Waals surface area (Å²) in [4.78, 5) is 7.61. The number of fused-ring (bicyclic) bond motifs is 8. The van der Waals surface area contributed by atoms with Crippen LogP contribution < -0.4 is 0 Å². The Balaban J connectivity index is 1.51. The van der Waals surface area contributed by atoms with Gasteiger partial charge in [0.05, 0.1) is 11.0 Å². The van der Waals surface area contributed by atoms with E-state index in [4.69, 9.17) is 0 Å². The highest BCUT2D eigenvalue weighted by molar-refractivity contribution is 7.26. The van der Waals surface area contributed by atoms with Crippen LogP contribution in [0.4, 0.5) is 0 Å². The number of aromatic nitrogens is 2. The minimum Gasteiger partial charge on any atom is -0.354 e. The first-order valence-corrected chi connectivity index (χ1v) is 12.7. The average molecular weight is 465 g/mol. The number of H-pyrrole nitrogens is 2. The molecule has 0 spiro atoms. The Bertz CT molecular complexity index is 2050. The highest BCUT2D eigenvalue weighted by atomic mass is 32.1. The van der Waals surface area contributed by atoms with Crippen LogP contribution in [0.2, 0.25) is 0 Å². The second-order valence-corrected chi connectivity index (χ2v) is 10.2. The Labute approximate surface area is 205 Å². The first-order chi connectivity index (χ1) is 17.3. The van der Waals surface area contributed by atoms with Crippen LogP contribution in [0.1, 0.15) is 0 Å². The predicted molar refractivity (Wildman–Crippen MR) is 151 cm³/mol. The van der Waals surface area contributed by atoms with Gasteiger partial charge in [0.2, 0.25) is 0 Å². The molecule has 2 N–H and O–H groups in total. The summed E-state index contributed by atoms with van der Waals surface area (Å²) in [6.45, 7) is 0. The molecule has 0 saturated heterocycles. The lowest BCUT2D eigenvalue weighted by Gasteiger charge is -2.11. The second-order valence-electron chi connectivity index (χ2n) is 9.13. The van der Waals surface area contributed by atoms with E-state index < -0.39 is 0 Å². The molecular weight excluding hydrogens is 444 g/mol. The van der Waals surface area contributed by atoms with Gasteiger partial charge in [-0.1, -0.05) is 84.9 Å². The van der Waals surface area contributed by atoms with Gasteiger partial charge in [0.15, 0.2) is 0 Å². The molecule has 35 heavy (non-hydrogen) atoms. The van der Waals surface area contributed by atoms with Gasteiger partial charge in [0, 0.05) is 53.1 Å². The van der Waals surface area contributed by atoms with Gasteiger partial charge >= 0.3 is 0 Å². The van der Waals surface area contributed by atoms with Gasteiger partial charge < -0.3 is 9.97 Å². The number of nitrogens with one attached hydrogen (secondary N) is 2. The maximum atomic E-state index is 3.87. The smallest absolute Gasteiger partial charge is 0.0565 e. The van der Waals surface area contributed by atoms with Crippen LogP contribution in [0.25, 0.3) is 75.3 Å². The van der Waals surface area contributed by atoms with Crippen molar-refractivity contribution in [2.75, 3.05) is 0 Å². The minimum absolute atomic E-state index is 1.14. The van der Waals surface area contributed by atoms with Crippen molar-refractivity contribution < 1.29 is 0 Å². The van der Waals surface area contributed by atoms with E-state index in [1.807, 2.05) is 11.3 Å². The molecule has 0 aliphatic carbocycles. The molecule has 0 fully saturated rings. The molecule has 2 nitrogen and oxygen atoms in total. The Hall–Kier alpha value is -4.34. The van der Waals surface area contributed by atoms with Crippen LogP contribution in [0.5, 0.6) is 0 Å². The van der Waals surface area contributed by atoms with Gasteiger partial charge in [-0.05, 0) is 35.4 Å². The predicted octanol–water partition coefficient (Wildman–Crippen LogP) is 9.50. The lowest BCUT2D eigenvalue weighted by molar-refractivity contribution is 1.45. The number of aromatic amines is 2. The molecular formula is C32H20N2S. The van der Waals surface area contributed by atoms with Crippen molar-refractivity contribution in [1.82, 2.24) is 9.97 Å². The normalized spacial score (nSPS) is 12.0. The molecule has 0 unspecified atom stereocenters. The third-order valence-electron chi connectivity index (χ3n) is 7.17. The summed E-state index contributed by atoms with van der Waals surface area (Å²) < 4.78 is 2.65. The molecule has 0 radical (unpaired) electrons. The van der Waals surface area contributed by atoms with Crippen LogP contribution in [-0.4, -0.2) is 9.97 Å². The number of hydrogen-bond donors (Lipinski definition) is 2. The van der Waals surface area contributed by atoms with Crippen LogP contribution in [0, 0.1) is 0 Å². The first kappa shape index (κ1) is 19.0. The number of para-hydroxylation sites is 1. The van der Waals surface area contributed by atoms with Crippen LogP contribution >= 0.6 is 11.3 Å². The van der Waals surface area contributed by atoms with Crippen molar-refractivity contribution in [2.24, 2.45) is 0 Å². The van der Waals surface area contributed by atoms with Crippen molar-refractivity contribution in [1.29, 1.82) is 0 Å². The minimum atomic E-state index is 1.14. The molecule has 0 aliphatic rings. The summed E-state index contributed by atoms with van der Waals surface area (Å²) in [5.74, 6) is 0. The summed E-state index contributed by atoms with van der Waals surface area (Å²) >= 11 is 1.86. The van der Waals surface area contributed by atoms with Crippen molar-refractivity contribution in [3.05, 3.63) is 109 Å². The topological polar surface area (TPSA) is 31.6 Å². The third-order valence-corrected chi connectivity index (χ3v) is 8.31. The second kappa shape index (κ2) is 7.08. The lowest BCUT2D eigenvalue weighted by Crippen LogP contribution is -1.87. The number of thiophene rings is 1. The van der Waals surface area contributed by atoms with Gasteiger partial charge in [-0.3, -0.25) is 0 Å². The van der Waals surface area contributed by atoms with Crippen molar-refractivity contribution in [3.8, 4) is 22.4 Å². The van der Waals surface area contributed by atoms with Gasteiger partial charge in [0.1, 0.15) is 0 Å². The van der Waals surface area contributed by atoms with Gasteiger partial charge in [-0.2, -0.15) is 0 Å².